The molecule has 0 bridgehead atoms. The minimum Gasteiger partial charge on any atom is -1.00 e. The van der Waals surface area contributed by atoms with Crippen LogP contribution in [0.15, 0.2) is 91.0 Å². The Labute approximate surface area is 267 Å². The van der Waals surface area contributed by atoms with Crippen molar-refractivity contribution in [2.75, 3.05) is 0 Å². The topological polar surface area (TPSA) is 0 Å². The summed E-state index contributed by atoms with van der Waals surface area (Å²) < 4.78 is 1.55. The SMILES string of the molecule is CC1(C)C=Cc2cc3c(cc21)[cH-]c1cc2c(cc13)C=CC2(C)C.CC[C](=[Zr+2])c1ccccc1.[C-]1=CC=CC1.[Cl-].[Cl-]. The fourth-order valence-corrected chi connectivity index (χ4v) is 5.90. The summed E-state index contributed by atoms with van der Waals surface area (Å²) in [6.07, 6.45) is 20.4. The molecule has 40 heavy (non-hydrogen) atoms. The molecule has 0 fully saturated rings. The Bertz CT molecular complexity index is 1530. The molecule has 7 rings (SSSR count). The van der Waals surface area contributed by atoms with Crippen LogP contribution in [0.3, 0.4) is 0 Å². The Morgan fingerprint density at radius 3 is 1.75 bits per heavy atom. The van der Waals surface area contributed by atoms with Gasteiger partial charge in [-0.2, -0.15) is 6.08 Å². The third-order valence-corrected chi connectivity index (χ3v) is 9.43. The van der Waals surface area contributed by atoms with Crippen LogP contribution in [0.4, 0.5) is 0 Å². The molecule has 0 radical (unpaired) electrons. The van der Waals surface area contributed by atoms with Crippen LogP contribution in [0.2, 0.25) is 0 Å². The van der Waals surface area contributed by atoms with Gasteiger partial charge in [0, 0.05) is 10.8 Å². The second-order valence-corrected chi connectivity index (χ2v) is 13.0. The van der Waals surface area contributed by atoms with Gasteiger partial charge in [-0.15, -0.1) is 46.2 Å². The maximum Gasteiger partial charge on any atom is -0.109 e. The van der Waals surface area contributed by atoms with Gasteiger partial charge in [0.2, 0.25) is 0 Å². The quantitative estimate of drug-likeness (QED) is 0.292. The van der Waals surface area contributed by atoms with E-state index in [1.165, 1.54) is 80.0 Å². The number of hydrogen-bond donors (Lipinski definition) is 0. The molecule has 0 saturated carbocycles. The zero-order chi connectivity index (χ0) is 26.9. The molecule has 4 aromatic rings. The van der Waals surface area contributed by atoms with Gasteiger partial charge in [-0.25, -0.2) is 12.2 Å². The second-order valence-electron chi connectivity index (χ2n) is 11.5. The predicted octanol–water partition coefficient (Wildman–Crippen LogP) is 3.80. The van der Waals surface area contributed by atoms with E-state index in [9.17, 15) is 0 Å². The van der Waals surface area contributed by atoms with Crippen molar-refractivity contribution in [1.82, 2.24) is 0 Å². The van der Waals surface area contributed by atoms with Gasteiger partial charge in [0.05, 0.1) is 0 Å². The van der Waals surface area contributed by atoms with Gasteiger partial charge in [-0.05, 0) is 11.1 Å². The van der Waals surface area contributed by atoms with Crippen molar-refractivity contribution in [3.05, 3.63) is 125 Å². The van der Waals surface area contributed by atoms with Crippen molar-refractivity contribution >= 4 is 36.9 Å². The molecule has 0 amide bonds. The molecule has 4 aromatic carbocycles. The largest absolute Gasteiger partial charge is 1.00 e. The molecule has 0 N–H and O–H groups in total. The monoisotopic (exact) mass is 640 g/mol. The summed E-state index contributed by atoms with van der Waals surface area (Å²) in [4.78, 5) is 0. The first-order valence-electron chi connectivity index (χ1n) is 13.6. The van der Waals surface area contributed by atoms with Crippen LogP contribution in [0, 0.1) is 6.08 Å². The summed E-state index contributed by atoms with van der Waals surface area (Å²) in [5.74, 6) is 0. The summed E-state index contributed by atoms with van der Waals surface area (Å²) >= 11 is 1.54. The normalized spacial score (nSPS) is 15.9. The van der Waals surface area contributed by atoms with E-state index < -0.39 is 0 Å². The van der Waals surface area contributed by atoms with Crippen molar-refractivity contribution in [3.8, 4) is 0 Å². The van der Waals surface area contributed by atoms with Gasteiger partial charge in [0.25, 0.3) is 0 Å². The Morgan fingerprint density at radius 2 is 1.35 bits per heavy atom. The van der Waals surface area contributed by atoms with Crippen LogP contribution in [0.1, 0.15) is 75.3 Å². The number of halogens is 2. The summed E-state index contributed by atoms with van der Waals surface area (Å²) in [7, 11) is 0. The minimum atomic E-state index is 0. The number of allylic oxidation sites excluding steroid dienone is 6. The van der Waals surface area contributed by atoms with Crippen molar-refractivity contribution in [2.45, 2.75) is 58.3 Å². The average Bonchev–Trinajstić information content (AvgIpc) is 3.71. The fraction of sp³-hybridized carbons (Fsp3) is 0.243. The van der Waals surface area contributed by atoms with Crippen molar-refractivity contribution in [3.63, 3.8) is 0 Å². The molecule has 0 heterocycles. The van der Waals surface area contributed by atoms with Crippen LogP contribution in [0.25, 0.3) is 33.7 Å². The molecule has 0 saturated heterocycles. The van der Waals surface area contributed by atoms with Crippen LogP contribution in [-0.2, 0) is 35.1 Å². The van der Waals surface area contributed by atoms with E-state index in [1.807, 2.05) is 12.2 Å². The first kappa shape index (κ1) is 32.3. The third-order valence-electron chi connectivity index (χ3n) is 7.85. The van der Waals surface area contributed by atoms with E-state index in [2.05, 4.69) is 132 Å². The maximum atomic E-state index is 2.99. The van der Waals surface area contributed by atoms with E-state index in [-0.39, 0.29) is 35.6 Å². The number of rotatable bonds is 2. The Morgan fingerprint density at radius 1 is 0.825 bits per heavy atom. The molecule has 0 atom stereocenters. The molecular formula is C37H36Cl2Zr-2. The smallest absolute Gasteiger partial charge is 0.109 e. The van der Waals surface area contributed by atoms with Crippen molar-refractivity contribution in [1.29, 1.82) is 0 Å². The molecule has 0 spiro atoms. The van der Waals surface area contributed by atoms with Gasteiger partial charge in [0.1, 0.15) is 0 Å². The summed E-state index contributed by atoms with van der Waals surface area (Å²) in [6.45, 7) is 11.4. The molecule has 0 aliphatic heterocycles. The van der Waals surface area contributed by atoms with Gasteiger partial charge in [0.15, 0.2) is 0 Å². The maximum absolute atomic E-state index is 2.99. The van der Waals surface area contributed by atoms with Crippen LogP contribution in [-0.4, -0.2) is 3.21 Å². The minimum absolute atomic E-state index is 0. The number of hydrogen-bond acceptors (Lipinski definition) is 0. The first-order chi connectivity index (χ1) is 18.2. The number of fused-ring (bicyclic) bond motifs is 5. The van der Waals surface area contributed by atoms with Gasteiger partial charge >= 0.3 is 76.7 Å². The Kier molecular flexibility index (Phi) is 10.7. The zero-order valence-electron chi connectivity index (χ0n) is 24.0. The van der Waals surface area contributed by atoms with E-state index in [0.29, 0.717) is 0 Å². The second kappa shape index (κ2) is 13.2. The fourth-order valence-electron chi connectivity index (χ4n) is 5.49. The van der Waals surface area contributed by atoms with Crippen molar-refractivity contribution in [2.24, 2.45) is 0 Å². The first-order valence-corrected chi connectivity index (χ1v) is 14.9. The van der Waals surface area contributed by atoms with Crippen LogP contribution >= 0.6 is 0 Å². The van der Waals surface area contributed by atoms with Gasteiger partial charge in [-0.1, -0.05) is 75.3 Å². The molecule has 0 nitrogen and oxygen atoms in total. The van der Waals surface area contributed by atoms with E-state index in [4.69, 9.17) is 0 Å². The molecule has 3 aliphatic carbocycles. The van der Waals surface area contributed by atoms with Gasteiger partial charge < -0.3 is 24.8 Å². The standard InChI is InChI=1S/C23H21.C9H10.C5H5.2ClH.Zr/c1-22(2)7-5-14-10-18-16(12-20(14)22)9-17-13-21-15(11-19(17)18)6-8-23(21,3)4;1-2-6-9-7-4-3-5-8-9;1-2-4-5-3-1;;;/h5-13H,1-4H3;3-5,7-8H,2H2,1H3;1-3H,4H2;2*1H;/q-1;;-1;;;+2/p-2. The van der Waals surface area contributed by atoms with E-state index in [0.717, 1.165) is 6.42 Å². The summed E-state index contributed by atoms with van der Waals surface area (Å²) in [5.41, 5.74) is 7.38. The molecule has 0 aromatic heterocycles. The molecule has 3 heteroatoms. The van der Waals surface area contributed by atoms with E-state index in [1.54, 1.807) is 3.21 Å². The van der Waals surface area contributed by atoms with Crippen LogP contribution in [0.5, 0.6) is 0 Å². The van der Waals surface area contributed by atoms with Crippen molar-refractivity contribution < 1.29 is 49.0 Å². The molecule has 3 aliphatic rings. The molecular weight excluding hydrogens is 607 g/mol. The third kappa shape index (κ3) is 6.65. The van der Waals surface area contributed by atoms with Crippen LogP contribution < -0.4 is 24.8 Å². The molecule has 204 valence electrons. The molecule has 0 unspecified atom stereocenters. The zero-order valence-corrected chi connectivity index (χ0v) is 28.0. The van der Waals surface area contributed by atoms with E-state index >= 15 is 0 Å². The number of benzene rings is 3. The summed E-state index contributed by atoms with van der Waals surface area (Å²) in [5, 5.41) is 5.53. The summed E-state index contributed by atoms with van der Waals surface area (Å²) in [6, 6.07) is 22.5. The Balaban J connectivity index is 0.000000217. The Hall–Kier alpha value is -2.18. The van der Waals surface area contributed by atoms with Gasteiger partial charge in [-0.3, -0.25) is 6.08 Å². The predicted molar refractivity (Wildman–Crippen MR) is 164 cm³/mol. The average molecular weight is 643 g/mol.